The molecule has 0 aromatic carbocycles. The van der Waals surface area contributed by atoms with Gasteiger partial charge in [0.05, 0.1) is 13.2 Å². The molecular formula is C14H29Cl2N3O2. The molecule has 2 unspecified atom stereocenters. The Hall–Kier alpha value is -0.0700. The third-order valence-electron chi connectivity index (χ3n) is 4.10. The monoisotopic (exact) mass is 341 g/mol. The predicted molar refractivity (Wildman–Crippen MR) is 89.6 cm³/mol. The first kappa shape index (κ1) is 20.9. The van der Waals surface area contributed by atoms with E-state index in [0.29, 0.717) is 19.3 Å². The lowest BCUT2D eigenvalue weighted by Crippen LogP contribution is -2.51. The molecule has 1 amide bonds. The normalized spacial score (nSPS) is 26.3. The highest BCUT2D eigenvalue weighted by molar-refractivity contribution is 5.85. The molecule has 2 atom stereocenters. The first-order chi connectivity index (χ1) is 9.27. The van der Waals surface area contributed by atoms with Crippen molar-refractivity contribution in [2.24, 2.45) is 0 Å². The minimum atomic E-state index is -0.164. The lowest BCUT2D eigenvalue weighted by atomic mass is 10.0. The van der Waals surface area contributed by atoms with Gasteiger partial charge < -0.3 is 20.3 Å². The largest absolute Gasteiger partial charge is 0.378 e. The number of piperidine rings is 1. The number of carbonyl (C=O) groups excluding carboxylic acids is 1. The lowest BCUT2D eigenvalue weighted by molar-refractivity contribution is -0.125. The Kier molecular flexibility index (Phi) is 11.5. The Morgan fingerprint density at radius 2 is 2.19 bits per heavy atom. The zero-order valence-electron chi connectivity index (χ0n) is 12.8. The lowest BCUT2D eigenvalue weighted by Gasteiger charge is -2.33. The van der Waals surface area contributed by atoms with Crippen LogP contribution in [0.1, 0.15) is 32.6 Å². The topological polar surface area (TPSA) is 53.6 Å². The summed E-state index contributed by atoms with van der Waals surface area (Å²) in [6.45, 7) is 7.35. The predicted octanol–water partition coefficient (Wildman–Crippen LogP) is 1.20. The first-order valence-corrected chi connectivity index (χ1v) is 7.60. The summed E-state index contributed by atoms with van der Waals surface area (Å²) < 4.78 is 5.29. The second-order valence-corrected chi connectivity index (χ2v) is 5.61. The van der Waals surface area contributed by atoms with Crippen LogP contribution >= 0.6 is 24.8 Å². The van der Waals surface area contributed by atoms with E-state index in [-0.39, 0.29) is 36.8 Å². The van der Waals surface area contributed by atoms with Crippen molar-refractivity contribution in [3.8, 4) is 0 Å². The molecule has 126 valence electrons. The average Bonchev–Trinajstić information content (AvgIpc) is 2.46. The third-order valence-corrected chi connectivity index (χ3v) is 4.10. The molecule has 0 radical (unpaired) electrons. The van der Waals surface area contributed by atoms with Gasteiger partial charge in [-0.15, -0.1) is 24.8 Å². The van der Waals surface area contributed by atoms with Gasteiger partial charge in [0.15, 0.2) is 0 Å². The number of nitrogens with zero attached hydrogens (tertiary/aromatic N) is 1. The summed E-state index contributed by atoms with van der Waals surface area (Å²) in [6, 6.07) is 0.542. The number of morpholine rings is 1. The van der Waals surface area contributed by atoms with E-state index in [1.54, 1.807) is 0 Å². The summed E-state index contributed by atoms with van der Waals surface area (Å²) in [5, 5.41) is 6.17. The number of hydrogen-bond acceptors (Lipinski definition) is 4. The van der Waals surface area contributed by atoms with Gasteiger partial charge in [0, 0.05) is 25.7 Å². The number of amides is 1. The van der Waals surface area contributed by atoms with Crippen LogP contribution in [0.25, 0.3) is 0 Å². The Morgan fingerprint density at radius 3 is 2.86 bits per heavy atom. The standard InChI is InChI=1S/C14H27N3O2.2ClH/c1-12-5-2-3-8-17(12)9-4-6-16-14(18)13-11-19-10-7-15-13;;/h12-13,15H,2-11H2,1H3,(H,16,18);2*1H. The summed E-state index contributed by atoms with van der Waals surface area (Å²) in [5.41, 5.74) is 0. The van der Waals surface area contributed by atoms with E-state index >= 15 is 0 Å². The van der Waals surface area contributed by atoms with E-state index in [0.717, 1.165) is 26.1 Å². The van der Waals surface area contributed by atoms with Crippen LogP contribution in [-0.4, -0.2) is 62.3 Å². The molecule has 21 heavy (non-hydrogen) atoms. The molecule has 2 aliphatic rings. The number of carbonyl (C=O) groups is 1. The molecule has 2 rings (SSSR count). The van der Waals surface area contributed by atoms with E-state index in [2.05, 4.69) is 22.5 Å². The summed E-state index contributed by atoms with van der Waals surface area (Å²) in [7, 11) is 0. The van der Waals surface area contributed by atoms with Crippen LogP contribution in [-0.2, 0) is 9.53 Å². The number of likely N-dealkylation sites (tertiary alicyclic amines) is 1. The SMILES string of the molecule is CC1CCCCN1CCCNC(=O)C1COCCN1.Cl.Cl. The van der Waals surface area contributed by atoms with Gasteiger partial charge in [0.1, 0.15) is 6.04 Å². The number of rotatable bonds is 5. The molecule has 5 nitrogen and oxygen atoms in total. The van der Waals surface area contributed by atoms with Crippen molar-refractivity contribution in [3.63, 3.8) is 0 Å². The van der Waals surface area contributed by atoms with Gasteiger partial charge in [-0.25, -0.2) is 0 Å². The van der Waals surface area contributed by atoms with Crippen molar-refractivity contribution in [3.05, 3.63) is 0 Å². The van der Waals surface area contributed by atoms with Gasteiger partial charge in [0.2, 0.25) is 5.91 Å². The highest BCUT2D eigenvalue weighted by atomic mass is 35.5. The fourth-order valence-corrected chi connectivity index (χ4v) is 2.84. The highest BCUT2D eigenvalue weighted by Crippen LogP contribution is 2.15. The zero-order chi connectivity index (χ0) is 13.5. The number of halogens is 2. The van der Waals surface area contributed by atoms with Crippen LogP contribution in [0.3, 0.4) is 0 Å². The summed E-state index contributed by atoms with van der Waals surface area (Å²) >= 11 is 0. The number of ether oxygens (including phenoxy) is 1. The van der Waals surface area contributed by atoms with Crippen molar-refractivity contribution in [1.82, 2.24) is 15.5 Å². The van der Waals surface area contributed by atoms with Crippen LogP contribution in [0.5, 0.6) is 0 Å². The molecular weight excluding hydrogens is 313 g/mol. The maximum atomic E-state index is 11.8. The molecule has 0 aromatic heterocycles. The van der Waals surface area contributed by atoms with Crippen LogP contribution in [0, 0.1) is 0 Å². The minimum absolute atomic E-state index is 0. The van der Waals surface area contributed by atoms with Crippen molar-refractivity contribution in [1.29, 1.82) is 0 Å². The van der Waals surface area contributed by atoms with Gasteiger partial charge in [-0.2, -0.15) is 0 Å². The second-order valence-electron chi connectivity index (χ2n) is 5.61. The second kappa shape index (κ2) is 11.5. The van der Waals surface area contributed by atoms with Crippen LogP contribution < -0.4 is 10.6 Å². The number of hydrogen-bond donors (Lipinski definition) is 2. The van der Waals surface area contributed by atoms with E-state index in [1.165, 1.54) is 25.8 Å². The molecule has 0 bridgehead atoms. The van der Waals surface area contributed by atoms with Crippen LogP contribution in [0.2, 0.25) is 0 Å². The molecule has 0 aliphatic carbocycles. The summed E-state index contributed by atoms with van der Waals surface area (Å²) in [6.07, 6.45) is 5.03. The maximum absolute atomic E-state index is 11.8. The molecule has 2 fully saturated rings. The fraction of sp³-hybridized carbons (Fsp3) is 0.929. The van der Waals surface area contributed by atoms with E-state index in [1.807, 2.05) is 0 Å². The van der Waals surface area contributed by atoms with E-state index < -0.39 is 0 Å². The van der Waals surface area contributed by atoms with Gasteiger partial charge >= 0.3 is 0 Å². The third kappa shape index (κ3) is 7.15. The zero-order valence-corrected chi connectivity index (χ0v) is 14.4. The average molecular weight is 342 g/mol. The van der Waals surface area contributed by atoms with Crippen LogP contribution in [0.15, 0.2) is 0 Å². The van der Waals surface area contributed by atoms with Gasteiger partial charge in [-0.05, 0) is 32.7 Å². The molecule has 0 saturated carbocycles. The van der Waals surface area contributed by atoms with Gasteiger partial charge in [0.25, 0.3) is 0 Å². The summed E-state index contributed by atoms with van der Waals surface area (Å²) in [5.74, 6) is 0.0754. The Balaban J connectivity index is 0.00000200. The molecule has 0 aromatic rings. The van der Waals surface area contributed by atoms with Crippen molar-refractivity contribution >= 4 is 30.7 Å². The number of nitrogens with one attached hydrogen (secondary N) is 2. The highest BCUT2D eigenvalue weighted by Gasteiger charge is 2.21. The Bertz CT molecular complexity index is 289. The first-order valence-electron chi connectivity index (χ1n) is 7.60. The molecule has 2 heterocycles. The molecule has 0 spiro atoms. The Morgan fingerprint density at radius 1 is 1.38 bits per heavy atom. The summed E-state index contributed by atoms with van der Waals surface area (Å²) in [4.78, 5) is 14.4. The molecule has 2 aliphatic heterocycles. The smallest absolute Gasteiger partial charge is 0.239 e. The van der Waals surface area contributed by atoms with Crippen molar-refractivity contribution < 1.29 is 9.53 Å². The van der Waals surface area contributed by atoms with Gasteiger partial charge in [-0.1, -0.05) is 6.42 Å². The van der Waals surface area contributed by atoms with E-state index in [4.69, 9.17) is 4.74 Å². The molecule has 2 saturated heterocycles. The van der Waals surface area contributed by atoms with E-state index in [9.17, 15) is 4.79 Å². The quantitative estimate of drug-likeness (QED) is 0.738. The fourth-order valence-electron chi connectivity index (χ4n) is 2.84. The molecule has 2 N–H and O–H groups in total. The Labute approximate surface area is 140 Å². The van der Waals surface area contributed by atoms with Crippen molar-refractivity contribution in [2.75, 3.05) is 39.4 Å². The maximum Gasteiger partial charge on any atom is 0.239 e. The minimum Gasteiger partial charge on any atom is -0.378 e. The van der Waals surface area contributed by atoms with Gasteiger partial charge in [-0.3, -0.25) is 4.79 Å². The molecule has 7 heteroatoms. The van der Waals surface area contributed by atoms with Crippen molar-refractivity contribution in [2.45, 2.75) is 44.7 Å². The van der Waals surface area contributed by atoms with Crippen LogP contribution in [0.4, 0.5) is 0 Å².